The molecule has 2 unspecified atom stereocenters. The fraction of sp³-hybridized carbons (Fsp3) is 0.929. The van der Waals surface area contributed by atoms with Crippen LogP contribution in [0.25, 0.3) is 0 Å². The zero-order valence-corrected chi connectivity index (χ0v) is 11.6. The Morgan fingerprint density at radius 2 is 2.06 bits per heavy atom. The van der Waals surface area contributed by atoms with Crippen molar-refractivity contribution in [3.05, 3.63) is 0 Å². The van der Waals surface area contributed by atoms with E-state index in [2.05, 4.69) is 27.7 Å². The maximum absolute atomic E-state index is 11.6. The van der Waals surface area contributed by atoms with Gasteiger partial charge in [-0.2, -0.15) is 0 Å². The summed E-state index contributed by atoms with van der Waals surface area (Å²) >= 11 is 0. The number of carbonyl (C=O) groups is 1. The summed E-state index contributed by atoms with van der Waals surface area (Å²) in [6.07, 6.45) is 4.33. The number of ether oxygens (including phenoxy) is 1. The third kappa shape index (κ3) is 3.70. The van der Waals surface area contributed by atoms with Crippen LogP contribution in [0.5, 0.6) is 0 Å². The first kappa shape index (κ1) is 14.5. The molecule has 1 fully saturated rings. The van der Waals surface area contributed by atoms with Gasteiger partial charge >= 0.3 is 5.97 Å². The molecule has 0 heterocycles. The van der Waals surface area contributed by atoms with Crippen LogP contribution in [0.4, 0.5) is 0 Å². The van der Waals surface area contributed by atoms with E-state index in [0.29, 0.717) is 25.4 Å². The molecule has 100 valence electrons. The average molecular weight is 242 g/mol. The molecular weight excluding hydrogens is 216 g/mol. The van der Waals surface area contributed by atoms with Crippen LogP contribution in [-0.4, -0.2) is 23.3 Å². The first-order valence-electron chi connectivity index (χ1n) is 6.69. The second-order valence-electron chi connectivity index (χ2n) is 6.36. The molecule has 0 aromatic rings. The van der Waals surface area contributed by atoms with Gasteiger partial charge in [0, 0.05) is 6.61 Å². The van der Waals surface area contributed by atoms with Crippen molar-refractivity contribution in [2.75, 3.05) is 6.61 Å². The SMILES string of the molecule is CCCCOC1(C(=O)O)CC(C)CC(C)(C)C1. The standard InChI is InChI=1S/C14H26O3/c1-5-6-7-17-14(12(15)16)9-11(2)8-13(3,4)10-14/h11H,5-10H2,1-4H3,(H,15,16). The van der Waals surface area contributed by atoms with Crippen LogP contribution < -0.4 is 0 Å². The number of rotatable bonds is 5. The lowest BCUT2D eigenvalue weighted by molar-refractivity contribution is -0.180. The van der Waals surface area contributed by atoms with Gasteiger partial charge < -0.3 is 9.84 Å². The predicted molar refractivity (Wildman–Crippen MR) is 68.0 cm³/mol. The van der Waals surface area contributed by atoms with E-state index in [1.807, 2.05) is 0 Å². The third-order valence-corrected chi connectivity index (χ3v) is 3.61. The number of carboxylic acid groups (broad SMARTS) is 1. The summed E-state index contributed by atoms with van der Waals surface area (Å²) in [5.74, 6) is -0.371. The lowest BCUT2D eigenvalue weighted by atomic mass is 9.65. The molecule has 1 N–H and O–H groups in total. The van der Waals surface area contributed by atoms with Gasteiger partial charge in [-0.25, -0.2) is 4.79 Å². The van der Waals surface area contributed by atoms with Crippen molar-refractivity contribution >= 4 is 5.97 Å². The highest BCUT2D eigenvalue weighted by Gasteiger charge is 2.49. The summed E-state index contributed by atoms with van der Waals surface area (Å²) < 4.78 is 5.78. The average Bonchev–Trinajstić information content (AvgIpc) is 2.14. The highest BCUT2D eigenvalue weighted by molar-refractivity contribution is 5.77. The minimum Gasteiger partial charge on any atom is -0.479 e. The van der Waals surface area contributed by atoms with Crippen LogP contribution in [0, 0.1) is 11.3 Å². The van der Waals surface area contributed by atoms with Crippen molar-refractivity contribution in [2.45, 2.75) is 65.4 Å². The molecule has 3 nitrogen and oxygen atoms in total. The zero-order chi connectivity index (χ0) is 13.1. The topological polar surface area (TPSA) is 46.5 Å². The van der Waals surface area contributed by atoms with Gasteiger partial charge in [0.25, 0.3) is 0 Å². The molecule has 0 saturated heterocycles. The summed E-state index contributed by atoms with van der Waals surface area (Å²) in [6.45, 7) is 9.06. The number of hydrogen-bond acceptors (Lipinski definition) is 2. The first-order chi connectivity index (χ1) is 7.81. The van der Waals surface area contributed by atoms with E-state index in [-0.39, 0.29) is 5.41 Å². The molecule has 0 aromatic heterocycles. The highest BCUT2D eigenvalue weighted by Crippen LogP contribution is 2.45. The van der Waals surface area contributed by atoms with Crippen LogP contribution >= 0.6 is 0 Å². The second-order valence-corrected chi connectivity index (χ2v) is 6.36. The molecular formula is C14H26O3. The van der Waals surface area contributed by atoms with E-state index < -0.39 is 11.6 Å². The molecule has 0 radical (unpaired) electrons. The molecule has 1 rings (SSSR count). The van der Waals surface area contributed by atoms with Crippen molar-refractivity contribution in [1.29, 1.82) is 0 Å². The fourth-order valence-corrected chi connectivity index (χ4v) is 3.24. The van der Waals surface area contributed by atoms with Crippen molar-refractivity contribution in [3.8, 4) is 0 Å². The van der Waals surface area contributed by atoms with E-state index in [4.69, 9.17) is 4.74 Å². The maximum atomic E-state index is 11.6. The molecule has 0 aliphatic heterocycles. The van der Waals surface area contributed by atoms with Gasteiger partial charge in [-0.05, 0) is 37.0 Å². The summed E-state index contributed by atoms with van der Waals surface area (Å²) in [5, 5.41) is 9.51. The molecule has 1 aliphatic carbocycles. The lowest BCUT2D eigenvalue weighted by Gasteiger charge is -2.44. The van der Waals surface area contributed by atoms with Crippen LogP contribution in [0.3, 0.4) is 0 Å². The Morgan fingerprint density at radius 1 is 1.41 bits per heavy atom. The Balaban J connectivity index is 2.79. The van der Waals surface area contributed by atoms with Gasteiger partial charge in [-0.1, -0.05) is 34.1 Å². The van der Waals surface area contributed by atoms with E-state index in [0.717, 1.165) is 19.3 Å². The van der Waals surface area contributed by atoms with Crippen molar-refractivity contribution in [3.63, 3.8) is 0 Å². The van der Waals surface area contributed by atoms with Crippen LogP contribution in [0.15, 0.2) is 0 Å². The maximum Gasteiger partial charge on any atom is 0.335 e. The summed E-state index contributed by atoms with van der Waals surface area (Å²) in [6, 6.07) is 0. The van der Waals surface area contributed by atoms with Gasteiger partial charge in [-0.15, -0.1) is 0 Å². The van der Waals surface area contributed by atoms with Crippen molar-refractivity contribution < 1.29 is 14.6 Å². The minimum atomic E-state index is -0.948. The summed E-state index contributed by atoms with van der Waals surface area (Å²) in [7, 11) is 0. The Kier molecular flexibility index (Phi) is 4.59. The Bertz CT molecular complexity index is 273. The van der Waals surface area contributed by atoms with Crippen LogP contribution in [0.1, 0.15) is 59.8 Å². The lowest BCUT2D eigenvalue weighted by Crippen LogP contribution is -2.50. The molecule has 2 atom stereocenters. The van der Waals surface area contributed by atoms with Crippen molar-refractivity contribution in [2.24, 2.45) is 11.3 Å². The first-order valence-corrected chi connectivity index (χ1v) is 6.69. The minimum absolute atomic E-state index is 0.0578. The van der Waals surface area contributed by atoms with Gasteiger partial charge in [-0.3, -0.25) is 0 Å². The smallest absolute Gasteiger partial charge is 0.335 e. The number of unbranched alkanes of at least 4 members (excludes halogenated alkanes) is 1. The highest BCUT2D eigenvalue weighted by atomic mass is 16.5. The van der Waals surface area contributed by atoms with Crippen LogP contribution in [0.2, 0.25) is 0 Å². The van der Waals surface area contributed by atoms with Gasteiger partial charge in [0.2, 0.25) is 0 Å². The largest absolute Gasteiger partial charge is 0.479 e. The monoisotopic (exact) mass is 242 g/mol. The molecule has 3 heteroatoms. The van der Waals surface area contributed by atoms with Gasteiger partial charge in [0.1, 0.15) is 0 Å². The number of carboxylic acids is 1. The molecule has 17 heavy (non-hydrogen) atoms. The van der Waals surface area contributed by atoms with E-state index in [9.17, 15) is 9.90 Å². The van der Waals surface area contributed by atoms with Gasteiger partial charge in [0.15, 0.2) is 5.60 Å². The molecule has 1 saturated carbocycles. The van der Waals surface area contributed by atoms with Gasteiger partial charge in [0.05, 0.1) is 0 Å². The number of aliphatic carboxylic acids is 1. The zero-order valence-electron chi connectivity index (χ0n) is 11.6. The number of hydrogen-bond donors (Lipinski definition) is 1. The van der Waals surface area contributed by atoms with Crippen LogP contribution in [-0.2, 0) is 9.53 Å². The molecule has 0 bridgehead atoms. The van der Waals surface area contributed by atoms with E-state index in [1.165, 1.54) is 0 Å². The summed E-state index contributed by atoms with van der Waals surface area (Å²) in [5.41, 5.74) is -0.890. The van der Waals surface area contributed by atoms with E-state index >= 15 is 0 Å². The molecule has 0 amide bonds. The third-order valence-electron chi connectivity index (χ3n) is 3.61. The van der Waals surface area contributed by atoms with Crippen molar-refractivity contribution in [1.82, 2.24) is 0 Å². The predicted octanol–water partition coefficient (Wildman–Crippen LogP) is 3.47. The fourth-order valence-electron chi connectivity index (χ4n) is 3.24. The Hall–Kier alpha value is -0.570. The Morgan fingerprint density at radius 3 is 2.53 bits per heavy atom. The Labute approximate surface area is 105 Å². The summed E-state index contributed by atoms with van der Waals surface area (Å²) in [4.78, 5) is 11.6. The molecule has 0 aromatic carbocycles. The van der Waals surface area contributed by atoms with E-state index in [1.54, 1.807) is 0 Å². The quantitative estimate of drug-likeness (QED) is 0.751. The second kappa shape index (κ2) is 5.38. The molecule has 1 aliphatic rings. The molecule has 0 spiro atoms. The normalized spacial score (nSPS) is 32.4.